The van der Waals surface area contributed by atoms with E-state index in [1.54, 1.807) is 0 Å². The summed E-state index contributed by atoms with van der Waals surface area (Å²) in [5.74, 6) is 0.263. The average molecular weight is 392 g/mol. The third-order valence-corrected chi connectivity index (χ3v) is 8.66. The summed E-state index contributed by atoms with van der Waals surface area (Å²) in [6, 6.07) is 0. The minimum Gasteiger partial charge on any atom is -0.481 e. The van der Waals surface area contributed by atoms with Gasteiger partial charge >= 0.3 is 5.97 Å². The van der Waals surface area contributed by atoms with Crippen LogP contribution in [-0.4, -0.2) is 54.6 Å². The molecule has 158 valence electrons. The predicted molar refractivity (Wildman–Crippen MR) is 108 cm³/mol. The summed E-state index contributed by atoms with van der Waals surface area (Å²) in [6.45, 7) is 14.8. The van der Waals surface area contributed by atoms with Crippen molar-refractivity contribution < 1.29 is 19.4 Å². The minimum absolute atomic E-state index is 0.0838. The molecule has 4 rings (SSSR count). The number of aliphatic carboxylic acids is 1. The number of ether oxygens (including phenoxy) is 2. The normalized spacial score (nSPS) is 46.8. The van der Waals surface area contributed by atoms with Crippen molar-refractivity contribution in [3.05, 3.63) is 12.2 Å². The number of hydrogen-bond acceptors (Lipinski definition) is 4. The van der Waals surface area contributed by atoms with E-state index < -0.39 is 5.97 Å². The molecule has 1 N–H and O–H groups in total. The molecule has 0 amide bonds. The Kier molecular flexibility index (Phi) is 5.39. The zero-order valence-electron chi connectivity index (χ0n) is 17.8. The van der Waals surface area contributed by atoms with Crippen LogP contribution in [0.2, 0.25) is 0 Å². The molecule has 0 bridgehead atoms. The maximum atomic E-state index is 11.3. The van der Waals surface area contributed by atoms with Crippen LogP contribution in [0.5, 0.6) is 0 Å². The standard InChI is InChI=1S/C23H37NO4/c1-15-5-6-19-22(3,10-7-20-23(19,4)14-27-16(2)28-20)18(15)9-12-24-11-8-17(13-24)21(25)26/h16-20H,1,5-14H2,2-4H3,(H,25,26)/t16-,17+,18-,19?,20-,22+,23+/m1/s1. The zero-order valence-corrected chi connectivity index (χ0v) is 17.8. The second kappa shape index (κ2) is 7.41. The molecule has 0 aromatic carbocycles. The molecule has 0 spiro atoms. The average Bonchev–Trinajstić information content (AvgIpc) is 3.11. The lowest BCUT2D eigenvalue weighted by molar-refractivity contribution is -0.297. The van der Waals surface area contributed by atoms with Crippen molar-refractivity contribution in [1.29, 1.82) is 0 Å². The number of carbonyl (C=O) groups is 1. The first-order chi connectivity index (χ1) is 13.2. The van der Waals surface area contributed by atoms with E-state index in [4.69, 9.17) is 9.47 Å². The summed E-state index contributed by atoms with van der Waals surface area (Å²) in [4.78, 5) is 13.6. The van der Waals surface area contributed by atoms with Crippen LogP contribution in [-0.2, 0) is 14.3 Å². The molecule has 0 aromatic heterocycles. The van der Waals surface area contributed by atoms with Crippen LogP contribution in [0.25, 0.3) is 0 Å². The second-order valence-electron chi connectivity index (χ2n) is 10.3. The van der Waals surface area contributed by atoms with Crippen molar-refractivity contribution in [3.63, 3.8) is 0 Å². The molecule has 0 radical (unpaired) electrons. The Balaban J connectivity index is 1.47. The van der Waals surface area contributed by atoms with Gasteiger partial charge in [0, 0.05) is 12.0 Å². The second-order valence-corrected chi connectivity index (χ2v) is 10.3. The summed E-state index contributed by atoms with van der Waals surface area (Å²) >= 11 is 0. The van der Waals surface area contributed by atoms with Crippen molar-refractivity contribution in [2.45, 2.75) is 71.7 Å². The molecular formula is C23H37NO4. The first-order valence-corrected chi connectivity index (χ1v) is 11.1. The highest BCUT2D eigenvalue weighted by Crippen LogP contribution is 2.63. The molecule has 4 fully saturated rings. The number of allylic oxidation sites excluding steroid dienone is 1. The Morgan fingerprint density at radius 1 is 1.29 bits per heavy atom. The quantitative estimate of drug-likeness (QED) is 0.736. The Morgan fingerprint density at radius 2 is 2.07 bits per heavy atom. The molecule has 2 heterocycles. The van der Waals surface area contributed by atoms with Gasteiger partial charge in [-0.2, -0.15) is 0 Å². The van der Waals surface area contributed by atoms with E-state index in [0.29, 0.717) is 24.5 Å². The van der Waals surface area contributed by atoms with Gasteiger partial charge in [0.2, 0.25) is 0 Å². The fourth-order valence-electron chi connectivity index (χ4n) is 7.04. The molecule has 28 heavy (non-hydrogen) atoms. The molecule has 1 unspecified atom stereocenters. The van der Waals surface area contributed by atoms with Crippen LogP contribution < -0.4 is 0 Å². The van der Waals surface area contributed by atoms with Gasteiger partial charge in [0.25, 0.3) is 0 Å². The van der Waals surface area contributed by atoms with Crippen LogP contribution in [0.15, 0.2) is 12.2 Å². The van der Waals surface area contributed by atoms with E-state index in [1.165, 1.54) is 18.4 Å². The van der Waals surface area contributed by atoms with E-state index in [0.717, 1.165) is 45.4 Å². The van der Waals surface area contributed by atoms with Gasteiger partial charge in [0.1, 0.15) is 0 Å². The van der Waals surface area contributed by atoms with Gasteiger partial charge in [-0.25, -0.2) is 0 Å². The number of likely N-dealkylation sites (tertiary alicyclic amines) is 1. The Hall–Kier alpha value is -0.910. The fourth-order valence-corrected chi connectivity index (χ4v) is 7.04. The SMILES string of the molecule is C=C1CCC2[C@]3(C)CO[C@@H](C)O[C@@H]3CC[C@@]2(C)[C@@H]1CCN1CC[C@H](C(=O)O)C1. The van der Waals surface area contributed by atoms with Crippen molar-refractivity contribution in [1.82, 2.24) is 4.90 Å². The molecule has 0 aromatic rings. The monoisotopic (exact) mass is 391 g/mol. The third kappa shape index (κ3) is 3.33. The van der Waals surface area contributed by atoms with Crippen LogP contribution in [0.1, 0.15) is 59.3 Å². The van der Waals surface area contributed by atoms with Gasteiger partial charge in [-0.3, -0.25) is 4.79 Å². The summed E-state index contributed by atoms with van der Waals surface area (Å²) in [5, 5.41) is 9.28. The lowest BCUT2D eigenvalue weighted by Crippen LogP contribution is -2.61. The van der Waals surface area contributed by atoms with Gasteiger partial charge in [0.05, 0.1) is 18.6 Å². The highest BCUT2D eigenvalue weighted by Gasteiger charge is 2.59. The molecule has 2 aliphatic heterocycles. The number of hydrogen-bond donors (Lipinski definition) is 1. The Morgan fingerprint density at radius 3 is 2.79 bits per heavy atom. The van der Waals surface area contributed by atoms with Gasteiger partial charge < -0.3 is 19.5 Å². The van der Waals surface area contributed by atoms with Crippen LogP contribution >= 0.6 is 0 Å². The van der Waals surface area contributed by atoms with E-state index in [-0.39, 0.29) is 23.0 Å². The molecule has 2 saturated carbocycles. The molecule has 5 nitrogen and oxygen atoms in total. The van der Waals surface area contributed by atoms with E-state index >= 15 is 0 Å². The lowest BCUT2D eigenvalue weighted by Gasteiger charge is -2.62. The third-order valence-electron chi connectivity index (χ3n) is 8.66. The number of carboxylic acids is 1. The zero-order chi connectivity index (χ0) is 20.1. The van der Waals surface area contributed by atoms with Crippen LogP contribution in [0.4, 0.5) is 0 Å². The van der Waals surface area contributed by atoms with Crippen molar-refractivity contribution in [3.8, 4) is 0 Å². The summed E-state index contributed by atoms with van der Waals surface area (Å²) in [6.07, 6.45) is 6.67. The minimum atomic E-state index is -0.644. The van der Waals surface area contributed by atoms with Crippen molar-refractivity contribution in [2.75, 3.05) is 26.2 Å². The van der Waals surface area contributed by atoms with E-state index in [2.05, 4.69) is 25.3 Å². The van der Waals surface area contributed by atoms with Crippen LogP contribution in [0.3, 0.4) is 0 Å². The fraction of sp³-hybridized carbons (Fsp3) is 0.870. The van der Waals surface area contributed by atoms with Gasteiger partial charge in [0.15, 0.2) is 6.29 Å². The molecule has 5 heteroatoms. The molecule has 2 saturated heterocycles. The largest absolute Gasteiger partial charge is 0.481 e. The predicted octanol–water partition coefficient (Wildman–Crippen LogP) is 3.93. The number of carboxylic acid groups (broad SMARTS) is 1. The number of nitrogens with zero attached hydrogens (tertiary/aromatic N) is 1. The van der Waals surface area contributed by atoms with Crippen molar-refractivity contribution in [2.24, 2.45) is 28.6 Å². The van der Waals surface area contributed by atoms with Crippen LogP contribution in [0, 0.1) is 28.6 Å². The Labute approximate surface area is 169 Å². The van der Waals surface area contributed by atoms with Gasteiger partial charge in [-0.1, -0.05) is 26.0 Å². The van der Waals surface area contributed by atoms with Crippen molar-refractivity contribution >= 4 is 5.97 Å². The van der Waals surface area contributed by atoms with E-state index in [1.807, 2.05) is 6.92 Å². The highest BCUT2D eigenvalue weighted by molar-refractivity contribution is 5.70. The molecule has 7 atom stereocenters. The highest BCUT2D eigenvalue weighted by atomic mass is 16.7. The smallest absolute Gasteiger partial charge is 0.307 e. The molecular weight excluding hydrogens is 354 g/mol. The van der Waals surface area contributed by atoms with E-state index in [9.17, 15) is 9.90 Å². The molecule has 2 aliphatic carbocycles. The number of rotatable bonds is 4. The Bertz CT molecular complexity index is 636. The summed E-state index contributed by atoms with van der Waals surface area (Å²) < 4.78 is 12.2. The first-order valence-electron chi connectivity index (χ1n) is 11.1. The molecule has 4 aliphatic rings. The maximum Gasteiger partial charge on any atom is 0.307 e. The maximum absolute atomic E-state index is 11.3. The topological polar surface area (TPSA) is 59.0 Å². The number of fused-ring (bicyclic) bond motifs is 3. The summed E-state index contributed by atoms with van der Waals surface area (Å²) in [5.41, 5.74) is 1.72. The van der Waals surface area contributed by atoms with Gasteiger partial charge in [-0.15, -0.1) is 0 Å². The first kappa shape index (κ1) is 20.4. The van der Waals surface area contributed by atoms with Gasteiger partial charge in [-0.05, 0) is 75.8 Å². The lowest BCUT2D eigenvalue weighted by atomic mass is 9.46. The summed E-state index contributed by atoms with van der Waals surface area (Å²) in [7, 11) is 0.